The molecule has 15 heteroatoms. The van der Waals surface area contributed by atoms with Crippen LogP contribution in [-0.4, -0.2) is 105 Å². The van der Waals surface area contributed by atoms with Gasteiger partial charge in [0.15, 0.2) is 29.7 Å². The van der Waals surface area contributed by atoms with E-state index in [-0.39, 0.29) is 70.8 Å². The van der Waals surface area contributed by atoms with Gasteiger partial charge in [-0.25, -0.2) is 9.89 Å². The van der Waals surface area contributed by atoms with Gasteiger partial charge in [-0.1, -0.05) is 55.3 Å². The first-order valence-electron chi connectivity index (χ1n) is 17.7. The zero-order chi connectivity index (χ0) is 36.8. The van der Waals surface area contributed by atoms with E-state index < -0.39 is 65.4 Å². The van der Waals surface area contributed by atoms with E-state index in [1.807, 2.05) is 24.3 Å². The van der Waals surface area contributed by atoms with Crippen molar-refractivity contribution in [2.45, 2.75) is 74.3 Å². The largest absolute Gasteiger partial charge is 0.504 e. The number of hydrogen-bond donors (Lipinski definition) is 7. The highest BCUT2D eigenvalue weighted by Gasteiger charge is 2.56. The molecule has 2 bridgehead atoms. The van der Waals surface area contributed by atoms with Crippen LogP contribution in [0.2, 0.25) is 0 Å². The third-order valence-electron chi connectivity index (χ3n) is 11.4. The van der Waals surface area contributed by atoms with Gasteiger partial charge < -0.3 is 34.6 Å². The Kier molecular flexibility index (Phi) is 7.92. The minimum Gasteiger partial charge on any atom is -0.504 e. The van der Waals surface area contributed by atoms with E-state index in [2.05, 4.69) is 15.3 Å². The van der Waals surface area contributed by atoms with Crippen LogP contribution in [0.1, 0.15) is 81.0 Å². The number of nitrogens with one attached hydrogen (secondary N) is 3. The van der Waals surface area contributed by atoms with Gasteiger partial charge in [0, 0.05) is 40.3 Å². The number of aliphatic hydroxyl groups excluding tert-OH is 3. The number of aliphatic hydroxyl groups is 3. The van der Waals surface area contributed by atoms with Gasteiger partial charge in [0.25, 0.3) is 11.7 Å². The molecule has 0 aromatic heterocycles. The maximum Gasteiger partial charge on any atom is 0.284 e. The number of amidine groups is 1. The Morgan fingerprint density at radius 3 is 2.38 bits per heavy atom. The highest BCUT2D eigenvalue weighted by Crippen LogP contribution is 2.50. The summed E-state index contributed by atoms with van der Waals surface area (Å²) in [7, 11) is 0. The molecule has 9 rings (SSSR count). The molecule has 2 aliphatic carbocycles. The van der Waals surface area contributed by atoms with E-state index in [1.54, 1.807) is 18.2 Å². The second-order valence-corrected chi connectivity index (χ2v) is 14.2. The topological polar surface area (TPSA) is 225 Å². The van der Waals surface area contributed by atoms with E-state index in [4.69, 9.17) is 19.6 Å². The second kappa shape index (κ2) is 12.5. The third-order valence-corrected chi connectivity index (χ3v) is 11.4. The average molecular weight is 723 g/mol. The number of phenols is 1. The first-order chi connectivity index (χ1) is 25.6. The number of quaternary nitrogens is 1. The minimum atomic E-state index is -1.78. The molecule has 272 valence electrons. The summed E-state index contributed by atoms with van der Waals surface area (Å²) in [4.78, 5) is 50.1. The number of carbonyl (C=O) groups excluding carboxylic acids is 3. The number of nitrogens with zero attached hydrogens (tertiary/aromatic N) is 2. The van der Waals surface area contributed by atoms with Crippen molar-refractivity contribution in [3.63, 3.8) is 0 Å². The summed E-state index contributed by atoms with van der Waals surface area (Å²) < 4.78 is 19.3. The summed E-state index contributed by atoms with van der Waals surface area (Å²) >= 11 is 0. The highest BCUT2D eigenvalue weighted by molar-refractivity contribution is 6.68. The predicted octanol–water partition coefficient (Wildman–Crippen LogP) is 0.611. The molecule has 3 aromatic carbocycles. The molecule has 7 unspecified atom stereocenters. The molecule has 53 heavy (non-hydrogen) atoms. The van der Waals surface area contributed by atoms with Gasteiger partial charge in [-0.2, -0.15) is 4.99 Å². The van der Waals surface area contributed by atoms with Crippen LogP contribution in [0, 0.1) is 5.41 Å². The SMILES string of the molecule is N=C1N=C2C(=NC[NH+]2c2ccccc2C2CCOC3(CCCC3)C3OC(Oc4c2cc2c(c4O)C(=O)c4ccccc4C2=O)C(O)C(O)C3O)C(=O)N1. The predicted molar refractivity (Wildman–Crippen MR) is 185 cm³/mol. The highest BCUT2D eigenvalue weighted by atomic mass is 16.7. The first-order valence-corrected chi connectivity index (χ1v) is 17.7. The standard InChI is InChI=1S/C38H35N5O10/c39-37-41-34-25(35(50)42-37)40-16-43(34)23-10-4-3-7-18(23)17-11-14-51-38(12-5-6-13-38)33-30(48)29(47)31(49)36(53-33)52-32-21(17)15-22-24(28(32)46)27(45)20-9-2-1-8-19(20)26(22)44/h1-4,7-10,15,17,29-31,33,36,46-49H,5-6,11-14,16H2,(H2,39,42,50)/p+1. The smallest absolute Gasteiger partial charge is 0.284 e. The maximum atomic E-state index is 14.1. The number of para-hydroxylation sites is 1. The Morgan fingerprint density at radius 2 is 1.60 bits per heavy atom. The van der Waals surface area contributed by atoms with Crippen molar-refractivity contribution in [2.75, 3.05) is 13.3 Å². The molecule has 0 radical (unpaired) electrons. The van der Waals surface area contributed by atoms with Crippen LogP contribution in [0.25, 0.3) is 0 Å². The number of ether oxygens (including phenoxy) is 3. The van der Waals surface area contributed by atoms with E-state index in [9.17, 15) is 34.8 Å². The number of carbonyl (C=O) groups is 3. The lowest BCUT2D eigenvalue weighted by atomic mass is 9.79. The molecular formula is C38H36N5O10+. The maximum absolute atomic E-state index is 14.1. The quantitative estimate of drug-likeness (QED) is 0.153. The number of hydrogen-bond acceptors (Lipinski definition) is 12. The lowest BCUT2D eigenvalue weighted by molar-refractivity contribution is -0.723. The van der Waals surface area contributed by atoms with E-state index in [1.165, 1.54) is 12.1 Å². The first kappa shape index (κ1) is 33.7. The van der Waals surface area contributed by atoms with Crippen LogP contribution >= 0.6 is 0 Å². The van der Waals surface area contributed by atoms with Crippen molar-refractivity contribution < 1.29 is 53.9 Å². The van der Waals surface area contributed by atoms with Crippen LogP contribution in [0.4, 0.5) is 5.69 Å². The summed E-state index contributed by atoms with van der Waals surface area (Å²) in [5.41, 5.74) is 0.606. The Hall–Kier alpha value is -5.16. The lowest BCUT2D eigenvalue weighted by Gasteiger charge is -2.47. The molecule has 15 nitrogen and oxygen atoms in total. The molecule has 1 saturated heterocycles. The number of fused-ring (bicyclic) bond motifs is 7. The van der Waals surface area contributed by atoms with Gasteiger partial charge in [-0.15, -0.1) is 0 Å². The monoisotopic (exact) mass is 722 g/mol. The van der Waals surface area contributed by atoms with E-state index >= 15 is 0 Å². The summed E-state index contributed by atoms with van der Waals surface area (Å²) in [6.07, 6.45) is -4.94. The molecule has 4 heterocycles. The molecule has 1 spiro atoms. The van der Waals surface area contributed by atoms with Crippen molar-refractivity contribution in [1.29, 1.82) is 5.41 Å². The second-order valence-electron chi connectivity index (χ2n) is 14.2. The number of amides is 1. The van der Waals surface area contributed by atoms with Gasteiger partial charge in [0.05, 0.1) is 11.2 Å². The Balaban J connectivity index is 1.26. The van der Waals surface area contributed by atoms with Crippen LogP contribution in [0.5, 0.6) is 11.5 Å². The fourth-order valence-electron chi connectivity index (χ4n) is 8.81. The van der Waals surface area contributed by atoms with Gasteiger partial charge in [-0.3, -0.25) is 25.1 Å². The molecule has 2 fully saturated rings. The average Bonchev–Trinajstić information content (AvgIpc) is 3.81. The molecule has 6 aliphatic rings. The Morgan fingerprint density at radius 1 is 0.887 bits per heavy atom. The van der Waals surface area contributed by atoms with Crippen molar-refractivity contribution in [1.82, 2.24) is 5.32 Å². The zero-order valence-electron chi connectivity index (χ0n) is 28.2. The Bertz CT molecular complexity index is 2180. The molecule has 4 aliphatic heterocycles. The molecule has 1 amide bonds. The number of phenolic OH excluding ortho intramolecular Hbond substituents is 1. The van der Waals surface area contributed by atoms with Crippen LogP contribution in [-0.2, 0) is 14.3 Å². The van der Waals surface area contributed by atoms with Crippen molar-refractivity contribution in [3.05, 3.63) is 88.0 Å². The summed E-state index contributed by atoms with van der Waals surface area (Å²) in [5.74, 6) is -3.29. The summed E-state index contributed by atoms with van der Waals surface area (Å²) in [6.45, 7) is 0.188. The number of benzene rings is 3. The number of ketones is 2. The van der Waals surface area contributed by atoms with Crippen LogP contribution < -0.4 is 15.0 Å². The normalized spacial score (nSPS) is 30.2. The third kappa shape index (κ3) is 5.10. The van der Waals surface area contributed by atoms with Crippen LogP contribution in [0.15, 0.2) is 64.6 Å². The van der Waals surface area contributed by atoms with Gasteiger partial charge in [0.1, 0.15) is 30.1 Å². The minimum absolute atomic E-state index is 0.0431. The van der Waals surface area contributed by atoms with Crippen molar-refractivity contribution in [3.8, 4) is 11.5 Å². The van der Waals surface area contributed by atoms with E-state index in [0.29, 0.717) is 29.0 Å². The molecule has 3 aromatic rings. The van der Waals surface area contributed by atoms with Crippen molar-refractivity contribution in [2.24, 2.45) is 9.98 Å². The van der Waals surface area contributed by atoms with E-state index in [0.717, 1.165) is 12.8 Å². The van der Waals surface area contributed by atoms with Crippen LogP contribution in [0.3, 0.4) is 0 Å². The van der Waals surface area contributed by atoms with Gasteiger partial charge in [0.2, 0.25) is 18.0 Å². The summed E-state index contributed by atoms with van der Waals surface area (Å²) in [5, 5.41) is 56.2. The lowest BCUT2D eigenvalue weighted by Crippen LogP contribution is -3.09. The number of rotatable bonds is 2. The molecule has 7 atom stereocenters. The number of aromatic hydroxyl groups is 1. The number of aliphatic imine (C=N–C) groups is 2. The summed E-state index contributed by atoms with van der Waals surface area (Å²) in [6, 6.07) is 15.2. The van der Waals surface area contributed by atoms with Crippen molar-refractivity contribution >= 4 is 40.7 Å². The van der Waals surface area contributed by atoms with Gasteiger partial charge >= 0.3 is 0 Å². The number of guanidine groups is 1. The molecule has 7 N–H and O–H groups in total. The molecule has 1 saturated carbocycles. The fraction of sp³-hybridized carbons (Fsp3) is 0.368. The zero-order valence-corrected chi connectivity index (χ0v) is 28.2. The molecular weight excluding hydrogens is 686 g/mol. The fourth-order valence-corrected chi connectivity index (χ4v) is 8.81. The van der Waals surface area contributed by atoms with Gasteiger partial charge in [-0.05, 0) is 31.4 Å². The Labute approximate surface area is 302 Å².